The van der Waals surface area contributed by atoms with Crippen LogP contribution in [0.25, 0.3) is 0 Å². The van der Waals surface area contributed by atoms with Gasteiger partial charge in [0.25, 0.3) is 0 Å². The molecule has 4 heteroatoms. The molecule has 2 heterocycles. The summed E-state index contributed by atoms with van der Waals surface area (Å²) in [5, 5.41) is 3.43. The molecule has 0 aromatic carbocycles. The zero-order valence-electron chi connectivity index (χ0n) is 9.83. The second kappa shape index (κ2) is 5.15. The van der Waals surface area contributed by atoms with E-state index in [1.807, 2.05) is 12.3 Å². The second-order valence-corrected chi connectivity index (χ2v) is 5.38. The van der Waals surface area contributed by atoms with Crippen molar-refractivity contribution in [3.8, 4) is 0 Å². The highest BCUT2D eigenvalue weighted by molar-refractivity contribution is 9.10. The van der Waals surface area contributed by atoms with Crippen molar-refractivity contribution in [1.29, 1.82) is 0 Å². The Morgan fingerprint density at radius 2 is 2.44 bits per heavy atom. The quantitative estimate of drug-likeness (QED) is 0.924. The molecule has 1 atom stereocenters. The highest BCUT2D eigenvalue weighted by Crippen LogP contribution is 2.24. The fourth-order valence-corrected chi connectivity index (χ4v) is 2.47. The Morgan fingerprint density at radius 1 is 1.62 bits per heavy atom. The molecule has 1 aliphatic heterocycles. The maximum absolute atomic E-state index is 4.35. The van der Waals surface area contributed by atoms with Crippen LogP contribution in [0.15, 0.2) is 16.7 Å². The summed E-state index contributed by atoms with van der Waals surface area (Å²) in [5.74, 6) is 1.72. The van der Waals surface area contributed by atoms with Crippen LogP contribution in [0.2, 0.25) is 0 Å². The van der Waals surface area contributed by atoms with Crippen molar-refractivity contribution >= 4 is 21.7 Å². The Morgan fingerprint density at radius 3 is 3.12 bits per heavy atom. The fourth-order valence-electron chi connectivity index (χ4n) is 2.10. The van der Waals surface area contributed by atoms with Crippen molar-refractivity contribution < 1.29 is 0 Å². The Bertz CT molecular complexity index is 367. The van der Waals surface area contributed by atoms with Crippen LogP contribution in [0.1, 0.15) is 12.0 Å². The number of anilines is 1. The summed E-state index contributed by atoms with van der Waals surface area (Å²) in [5.41, 5.74) is 1.22. The summed E-state index contributed by atoms with van der Waals surface area (Å²) < 4.78 is 1.08. The van der Waals surface area contributed by atoms with E-state index in [1.165, 1.54) is 25.1 Å². The van der Waals surface area contributed by atoms with Crippen LogP contribution < -0.4 is 5.32 Å². The lowest BCUT2D eigenvalue weighted by Crippen LogP contribution is -2.19. The van der Waals surface area contributed by atoms with Gasteiger partial charge in [-0.05, 0) is 60.4 Å². The summed E-state index contributed by atoms with van der Waals surface area (Å²) in [6.45, 7) is 5.50. The number of likely N-dealkylation sites (tertiary alicyclic amines) is 1. The molecule has 1 saturated heterocycles. The van der Waals surface area contributed by atoms with Gasteiger partial charge in [-0.25, -0.2) is 4.98 Å². The number of pyridine rings is 1. The van der Waals surface area contributed by atoms with Crippen LogP contribution in [0.5, 0.6) is 0 Å². The highest BCUT2D eigenvalue weighted by atomic mass is 79.9. The number of aryl methyl sites for hydroxylation is 1. The Kier molecular flexibility index (Phi) is 3.82. The van der Waals surface area contributed by atoms with E-state index in [-0.39, 0.29) is 0 Å². The number of rotatable bonds is 3. The third-order valence-corrected chi connectivity index (χ3v) is 4.13. The Hall–Kier alpha value is -0.610. The molecule has 3 nitrogen and oxygen atoms in total. The molecule has 0 amide bonds. The van der Waals surface area contributed by atoms with Crippen LogP contribution in [0, 0.1) is 12.8 Å². The normalized spacial score (nSPS) is 21.3. The van der Waals surface area contributed by atoms with Gasteiger partial charge in [-0.2, -0.15) is 0 Å². The molecule has 1 aromatic rings. The lowest BCUT2D eigenvalue weighted by atomic mass is 10.1. The van der Waals surface area contributed by atoms with Gasteiger partial charge in [0.1, 0.15) is 5.82 Å². The van der Waals surface area contributed by atoms with Gasteiger partial charge in [0.2, 0.25) is 0 Å². The first-order valence-corrected chi connectivity index (χ1v) is 6.49. The van der Waals surface area contributed by atoms with Gasteiger partial charge < -0.3 is 10.2 Å². The molecule has 1 fully saturated rings. The van der Waals surface area contributed by atoms with Crippen molar-refractivity contribution in [1.82, 2.24) is 9.88 Å². The summed E-state index contributed by atoms with van der Waals surface area (Å²) >= 11 is 3.57. The van der Waals surface area contributed by atoms with Gasteiger partial charge in [0.05, 0.1) is 4.47 Å². The van der Waals surface area contributed by atoms with E-state index in [9.17, 15) is 0 Å². The molecule has 2 rings (SSSR count). The number of nitrogens with one attached hydrogen (secondary N) is 1. The zero-order valence-corrected chi connectivity index (χ0v) is 11.4. The minimum Gasteiger partial charge on any atom is -0.369 e. The minimum absolute atomic E-state index is 0.749. The van der Waals surface area contributed by atoms with Gasteiger partial charge in [-0.15, -0.1) is 0 Å². The molecule has 1 N–H and O–H groups in total. The van der Waals surface area contributed by atoms with Crippen LogP contribution in [0.3, 0.4) is 0 Å². The molecule has 1 aromatic heterocycles. The van der Waals surface area contributed by atoms with Crippen molar-refractivity contribution in [2.45, 2.75) is 13.3 Å². The molecule has 0 bridgehead atoms. The van der Waals surface area contributed by atoms with Crippen LogP contribution in [-0.4, -0.2) is 36.6 Å². The SMILES string of the molecule is Cc1ccnc(NCC2CCN(C)C2)c1Br. The average Bonchev–Trinajstić information content (AvgIpc) is 2.67. The molecule has 88 valence electrons. The van der Waals surface area contributed by atoms with Crippen molar-refractivity contribution in [2.24, 2.45) is 5.92 Å². The summed E-state index contributed by atoms with van der Waals surface area (Å²) in [6, 6.07) is 2.01. The van der Waals surface area contributed by atoms with E-state index < -0.39 is 0 Å². The lowest BCUT2D eigenvalue weighted by Gasteiger charge is -2.13. The molecule has 0 saturated carbocycles. The van der Waals surface area contributed by atoms with Crippen LogP contribution in [0.4, 0.5) is 5.82 Å². The molecule has 0 aliphatic carbocycles. The number of aromatic nitrogens is 1. The number of nitrogens with zero attached hydrogens (tertiary/aromatic N) is 2. The number of halogens is 1. The first-order chi connectivity index (χ1) is 7.66. The van der Waals surface area contributed by atoms with E-state index in [4.69, 9.17) is 0 Å². The molecular weight excluding hydrogens is 266 g/mol. The van der Waals surface area contributed by atoms with Gasteiger partial charge >= 0.3 is 0 Å². The van der Waals surface area contributed by atoms with Gasteiger partial charge in [-0.1, -0.05) is 0 Å². The van der Waals surface area contributed by atoms with Crippen molar-refractivity contribution in [3.63, 3.8) is 0 Å². The van der Waals surface area contributed by atoms with E-state index in [0.29, 0.717) is 0 Å². The van der Waals surface area contributed by atoms with Gasteiger partial charge in [0.15, 0.2) is 0 Å². The van der Waals surface area contributed by atoms with Crippen molar-refractivity contribution in [2.75, 3.05) is 32.0 Å². The van der Waals surface area contributed by atoms with E-state index in [0.717, 1.165) is 22.8 Å². The second-order valence-electron chi connectivity index (χ2n) is 4.59. The largest absolute Gasteiger partial charge is 0.369 e. The smallest absolute Gasteiger partial charge is 0.140 e. The molecule has 1 unspecified atom stereocenters. The van der Waals surface area contributed by atoms with Gasteiger partial charge in [0, 0.05) is 19.3 Å². The topological polar surface area (TPSA) is 28.2 Å². The summed E-state index contributed by atoms with van der Waals surface area (Å²) in [6.07, 6.45) is 3.14. The van der Waals surface area contributed by atoms with E-state index in [1.54, 1.807) is 0 Å². The Balaban J connectivity index is 1.92. The predicted octanol–water partition coefficient (Wildman–Crippen LogP) is 2.52. The zero-order chi connectivity index (χ0) is 11.5. The molecule has 0 radical (unpaired) electrons. The highest BCUT2D eigenvalue weighted by Gasteiger charge is 2.19. The molecular formula is C12H18BrN3. The van der Waals surface area contributed by atoms with Crippen molar-refractivity contribution in [3.05, 3.63) is 22.3 Å². The van der Waals surface area contributed by atoms with E-state index in [2.05, 4.69) is 45.1 Å². The molecule has 16 heavy (non-hydrogen) atoms. The van der Waals surface area contributed by atoms with Crippen LogP contribution >= 0.6 is 15.9 Å². The third-order valence-electron chi connectivity index (χ3n) is 3.13. The monoisotopic (exact) mass is 283 g/mol. The Labute approximate surface area is 105 Å². The van der Waals surface area contributed by atoms with Gasteiger partial charge in [-0.3, -0.25) is 0 Å². The number of hydrogen-bond donors (Lipinski definition) is 1. The summed E-state index contributed by atoms with van der Waals surface area (Å²) in [4.78, 5) is 6.73. The molecule has 1 aliphatic rings. The average molecular weight is 284 g/mol. The standard InChI is InChI=1S/C12H18BrN3/c1-9-3-5-14-12(11(9)13)15-7-10-4-6-16(2)8-10/h3,5,10H,4,6-8H2,1-2H3,(H,14,15). The fraction of sp³-hybridized carbons (Fsp3) is 0.583. The number of hydrogen-bond acceptors (Lipinski definition) is 3. The first kappa shape index (κ1) is 11.9. The minimum atomic E-state index is 0.749. The lowest BCUT2D eigenvalue weighted by molar-refractivity contribution is 0.399. The third kappa shape index (κ3) is 2.74. The summed E-state index contributed by atoms with van der Waals surface area (Å²) in [7, 11) is 2.18. The van der Waals surface area contributed by atoms with Crippen LogP contribution in [-0.2, 0) is 0 Å². The maximum Gasteiger partial charge on any atom is 0.140 e. The molecule has 0 spiro atoms. The first-order valence-electron chi connectivity index (χ1n) is 5.70. The predicted molar refractivity (Wildman–Crippen MR) is 70.8 cm³/mol. The maximum atomic E-state index is 4.35. The van der Waals surface area contributed by atoms with E-state index >= 15 is 0 Å².